The van der Waals surface area contributed by atoms with Crippen molar-refractivity contribution < 1.29 is 29.6 Å². The molecule has 1 aliphatic rings. The fourth-order valence-electron chi connectivity index (χ4n) is 2.06. The molecule has 0 aliphatic carbocycles. The Labute approximate surface area is 130 Å². The van der Waals surface area contributed by atoms with Crippen LogP contribution in [0.25, 0.3) is 0 Å². The summed E-state index contributed by atoms with van der Waals surface area (Å²) < 4.78 is 10.9. The molecule has 4 N–H and O–H groups in total. The van der Waals surface area contributed by atoms with Crippen molar-refractivity contribution in [3.05, 3.63) is 35.4 Å². The number of hydrogen-bond acceptors (Lipinski definition) is 8. The highest BCUT2D eigenvalue weighted by Gasteiger charge is 2.43. The van der Waals surface area contributed by atoms with Crippen LogP contribution in [0.15, 0.2) is 29.7 Å². The second-order valence-electron chi connectivity index (χ2n) is 4.74. The zero-order valence-corrected chi connectivity index (χ0v) is 12.0. The number of hydrogen-bond donors (Lipinski definition) is 4. The van der Waals surface area contributed by atoms with Crippen molar-refractivity contribution in [3.63, 3.8) is 0 Å². The van der Waals surface area contributed by atoms with Gasteiger partial charge in [-0.1, -0.05) is 12.7 Å². The molecule has 1 amide bonds. The van der Waals surface area contributed by atoms with Crippen LogP contribution >= 0.6 is 0 Å². The first kappa shape index (κ1) is 17.1. The van der Waals surface area contributed by atoms with Gasteiger partial charge in [-0.15, -0.1) is 0 Å². The molecule has 10 nitrogen and oxygen atoms in total. The lowest BCUT2D eigenvalue weighted by Crippen LogP contribution is -2.36. The molecule has 23 heavy (non-hydrogen) atoms. The van der Waals surface area contributed by atoms with Gasteiger partial charge in [0.15, 0.2) is 6.23 Å². The summed E-state index contributed by atoms with van der Waals surface area (Å²) in [4.78, 5) is 26.9. The molecule has 126 valence electrons. The number of aromatic nitrogens is 2. The Balaban J connectivity index is 2.12. The van der Waals surface area contributed by atoms with E-state index in [0.29, 0.717) is 0 Å². The van der Waals surface area contributed by atoms with Crippen LogP contribution in [0.5, 0.6) is 0 Å². The molecule has 10 heteroatoms. The molecule has 1 fully saturated rings. The molecule has 1 aromatic heterocycles. The maximum Gasteiger partial charge on any atom is 0.413 e. The Kier molecular flexibility index (Phi) is 5.45. The van der Waals surface area contributed by atoms with Gasteiger partial charge in [-0.05, 0) is 6.07 Å². The van der Waals surface area contributed by atoms with Gasteiger partial charge >= 0.3 is 11.8 Å². The molecular formula is C13H17N3O7. The van der Waals surface area contributed by atoms with Crippen LogP contribution in [-0.2, 0) is 9.47 Å². The van der Waals surface area contributed by atoms with Crippen molar-refractivity contribution in [2.45, 2.75) is 24.5 Å². The molecule has 0 radical (unpaired) electrons. The first-order chi connectivity index (χ1) is 11.0. The molecule has 1 aliphatic heterocycles. The number of rotatable bonds is 5. The molecule has 1 saturated heterocycles. The number of carbonyl (C=O) groups is 1. The van der Waals surface area contributed by atoms with Gasteiger partial charge in [-0.3, -0.25) is 9.88 Å². The highest BCUT2D eigenvalue weighted by molar-refractivity contribution is 5.83. The number of aliphatic hydroxyl groups excluding tert-OH is 3. The number of aliphatic hydroxyl groups is 3. The third kappa shape index (κ3) is 3.74. The van der Waals surface area contributed by atoms with Gasteiger partial charge in [-0.25, -0.2) is 9.59 Å². The highest BCUT2D eigenvalue weighted by Crippen LogP contribution is 2.28. The van der Waals surface area contributed by atoms with Gasteiger partial charge < -0.3 is 24.8 Å². The molecule has 0 bridgehead atoms. The highest BCUT2D eigenvalue weighted by atomic mass is 16.6. The smallest absolute Gasteiger partial charge is 0.413 e. The van der Waals surface area contributed by atoms with Crippen LogP contribution in [0.2, 0.25) is 0 Å². The Hall–Kier alpha value is -2.27. The minimum absolute atomic E-state index is 0.00540. The van der Waals surface area contributed by atoms with Crippen LogP contribution in [0.4, 0.5) is 10.6 Å². The largest absolute Gasteiger partial charge is 0.445 e. The molecule has 2 rings (SSSR count). The van der Waals surface area contributed by atoms with Gasteiger partial charge in [0, 0.05) is 6.20 Å². The monoisotopic (exact) mass is 327 g/mol. The van der Waals surface area contributed by atoms with Crippen molar-refractivity contribution >= 4 is 11.9 Å². The van der Waals surface area contributed by atoms with E-state index in [4.69, 9.17) is 9.84 Å². The molecule has 1 aromatic rings. The van der Waals surface area contributed by atoms with Crippen molar-refractivity contribution in [2.24, 2.45) is 0 Å². The second-order valence-corrected chi connectivity index (χ2v) is 4.74. The van der Waals surface area contributed by atoms with E-state index in [1.165, 1.54) is 18.3 Å². The molecule has 0 aromatic carbocycles. The fraction of sp³-hybridized carbons (Fsp3) is 0.462. The van der Waals surface area contributed by atoms with E-state index >= 15 is 0 Å². The van der Waals surface area contributed by atoms with Crippen molar-refractivity contribution in [1.82, 2.24) is 9.55 Å². The van der Waals surface area contributed by atoms with Gasteiger partial charge in [0.2, 0.25) is 0 Å². The SMILES string of the molecule is C=CCOC(=O)Nc1ccn(C2OC(CO)C(O)C2O)c(=O)n1. The van der Waals surface area contributed by atoms with E-state index in [1.807, 2.05) is 0 Å². The van der Waals surface area contributed by atoms with E-state index in [0.717, 1.165) is 4.57 Å². The quantitative estimate of drug-likeness (QED) is 0.483. The predicted octanol–water partition coefficient (Wildman–Crippen LogP) is -1.41. The van der Waals surface area contributed by atoms with Crippen LogP contribution in [-0.4, -0.2) is 62.5 Å². The van der Waals surface area contributed by atoms with Crippen LogP contribution < -0.4 is 11.0 Å². The van der Waals surface area contributed by atoms with Gasteiger partial charge in [0.1, 0.15) is 30.7 Å². The molecule has 2 heterocycles. The lowest BCUT2D eigenvalue weighted by Gasteiger charge is -2.17. The Morgan fingerprint density at radius 3 is 2.83 bits per heavy atom. The van der Waals surface area contributed by atoms with Crippen LogP contribution in [0, 0.1) is 0 Å². The van der Waals surface area contributed by atoms with Crippen molar-refractivity contribution in [3.8, 4) is 0 Å². The van der Waals surface area contributed by atoms with Crippen molar-refractivity contribution in [2.75, 3.05) is 18.5 Å². The van der Waals surface area contributed by atoms with Crippen LogP contribution in [0.1, 0.15) is 6.23 Å². The van der Waals surface area contributed by atoms with Gasteiger partial charge in [-0.2, -0.15) is 4.98 Å². The zero-order valence-electron chi connectivity index (χ0n) is 12.0. The Morgan fingerprint density at radius 2 is 2.26 bits per heavy atom. The molecule has 4 atom stereocenters. The van der Waals surface area contributed by atoms with E-state index < -0.39 is 42.9 Å². The third-order valence-electron chi connectivity index (χ3n) is 3.18. The summed E-state index contributed by atoms with van der Waals surface area (Å²) in [6.45, 7) is 2.88. The summed E-state index contributed by atoms with van der Waals surface area (Å²) in [6.07, 6.45) is -3.11. The van der Waals surface area contributed by atoms with Gasteiger partial charge in [0.25, 0.3) is 0 Å². The lowest BCUT2D eigenvalue weighted by atomic mass is 10.1. The number of anilines is 1. The number of ether oxygens (including phenoxy) is 2. The molecule has 0 spiro atoms. The van der Waals surface area contributed by atoms with E-state index in [9.17, 15) is 19.8 Å². The number of nitrogens with one attached hydrogen (secondary N) is 1. The topological polar surface area (TPSA) is 143 Å². The average Bonchev–Trinajstić information content (AvgIpc) is 2.81. The minimum atomic E-state index is -1.40. The molecule has 4 unspecified atom stereocenters. The summed E-state index contributed by atoms with van der Waals surface area (Å²) in [5.74, 6) is -0.0490. The number of amides is 1. The Bertz CT molecular complexity index is 632. The first-order valence-electron chi connectivity index (χ1n) is 6.74. The summed E-state index contributed by atoms with van der Waals surface area (Å²) in [7, 11) is 0. The molecule has 0 saturated carbocycles. The predicted molar refractivity (Wildman–Crippen MR) is 76.7 cm³/mol. The summed E-state index contributed by atoms with van der Waals surface area (Å²) >= 11 is 0. The van der Waals surface area contributed by atoms with E-state index in [2.05, 4.69) is 21.6 Å². The second kappa shape index (κ2) is 7.33. The third-order valence-corrected chi connectivity index (χ3v) is 3.18. The van der Waals surface area contributed by atoms with E-state index in [-0.39, 0.29) is 12.4 Å². The normalized spacial score (nSPS) is 26.7. The summed E-state index contributed by atoms with van der Waals surface area (Å²) in [5, 5.41) is 30.8. The summed E-state index contributed by atoms with van der Waals surface area (Å²) in [6, 6.07) is 1.30. The lowest BCUT2D eigenvalue weighted by molar-refractivity contribution is -0.0549. The van der Waals surface area contributed by atoms with Crippen LogP contribution in [0.3, 0.4) is 0 Å². The standard InChI is InChI=1S/C13H17N3O7/c1-2-5-22-13(21)15-8-3-4-16(12(20)14-8)11-10(19)9(18)7(6-17)23-11/h2-4,7,9-11,17-19H,1,5-6H2,(H,14,15,20,21). The first-order valence-corrected chi connectivity index (χ1v) is 6.74. The summed E-state index contributed by atoms with van der Waals surface area (Å²) in [5.41, 5.74) is -0.818. The number of nitrogens with zero attached hydrogens (tertiary/aromatic N) is 2. The zero-order chi connectivity index (χ0) is 17.0. The maximum atomic E-state index is 12.0. The van der Waals surface area contributed by atoms with Crippen molar-refractivity contribution in [1.29, 1.82) is 0 Å². The Morgan fingerprint density at radius 1 is 1.52 bits per heavy atom. The van der Waals surface area contributed by atoms with E-state index in [1.54, 1.807) is 0 Å². The average molecular weight is 327 g/mol. The molecular weight excluding hydrogens is 310 g/mol. The minimum Gasteiger partial charge on any atom is -0.445 e. The van der Waals surface area contributed by atoms with Gasteiger partial charge in [0.05, 0.1) is 6.61 Å². The fourth-order valence-corrected chi connectivity index (χ4v) is 2.06. The maximum absolute atomic E-state index is 12.0. The number of carbonyl (C=O) groups excluding carboxylic acids is 1.